The molecule has 35 heavy (non-hydrogen) atoms. The van der Waals surface area contributed by atoms with Crippen molar-refractivity contribution in [1.29, 1.82) is 0 Å². The monoisotopic (exact) mass is 469 g/mol. The molecule has 1 aromatic heterocycles. The van der Waals surface area contributed by atoms with Crippen LogP contribution in [-0.2, 0) is 0 Å². The van der Waals surface area contributed by atoms with Gasteiger partial charge < -0.3 is 14.6 Å². The summed E-state index contributed by atoms with van der Waals surface area (Å²) in [6, 6.07) is 21.9. The molecule has 0 saturated heterocycles. The summed E-state index contributed by atoms with van der Waals surface area (Å²) in [5, 5.41) is 15.0. The van der Waals surface area contributed by atoms with Crippen LogP contribution in [0.2, 0.25) is 0 Å². The Hall–Kier alpha value is -4.39. The highest BCUT2D eigenvalue weighted by Crippen LogP contribution is 2.29. The number of aromatic hydroxyl groups is 1. The summed E-state index contributed by atoms with van der Waals surface area (Å²) in [6.45, 7) is 4.80. The van der Waals surface area contributed by atoms with E-state index in [4.69, 9.17) is 14.5 Å². The number of methoxy groups -OCH3 is 1. The number of amides is 1. The van der Waals surface area contributed by atoms with Crippen LogP contribution in [0.15, 0.2) is 77.9 Å². The summed E-state index contributed by atoms with van der Waals surface area (Å²) in [5.74, 6) is 1.04. The van der Waals surface area contributed by atoms with E-state index in [0.717, 1.165) is 11.3 Å². The van der Waals surface area contributed by atoms with Crippen LogP contribution in [0.5, 0.6) is 17.2 Å². The third-order valence-corrected chi connectivity index (χ3v) is 5.29. The van der Waals surface area contributed by atoms with Crippen LogP contribution < -0.4 is 14.9 Å². The summed E-state index contributed by atoms with van der Waals surface area (Å²) >= 11 is 0. The zero-order valence-corrected chi connectivity index (χ0v) is 19.9. The molecule has 4 aromatic rings. The molecule has 0 radical (unpaired) electrons. The van der Waals surface area contributed by atoms with Crippen molar-refractivity contribution >= 4 is 23.0 Å². The topological polar surface area (TPSA) is 93.0 Å². The molecule has 0 fully saturated rings. The number of para-hydroxylation sites is 2. The molecule has 3 aromatic carbocycles. The summed E-state index contributed by atoms with van der Waals surface area (Å²) in [4.78, 5) is 17.9. The first kappa shape index (κ1) is 23.8. The molecule has 1 heterocycles. The Bertz CT molecular complexity index is 1380. The van der Waals surface area contributed by atoms with Gasteiger partial charge in [0.1, 0.15) is 5.75 Å². The highest BCUT2D eigenvalue weighted by Gasteiger charge is 2.14. The predicted molar refractivity (Wildman–Crippen MR) is 137 cm³/mol. The van der Waals surface area contributed by atoms with Crippen molar-refractivity contribution in [2.75, 3.05) is 13.7 Å². The number of hydrogen-bond donors (Lipinski definition) is 2. The molecule has 4 rings (SSSR count). The van der Waals surface area contributed by atoms with Gasteiger partial charge >= 0.3 is 0 Å². The van der Waals surface area contributed by atoms with E-state index in [9.17, 15) is 9.90 Å². The number of pyridine rings is 1. The SMILES string of the molecule is COc1cccc(C=NNC(=O)c2cc(-c3cccc(OCC(C)C)c3)nc3ccccc23)c1O. The summed E-state index contributed by atoms with van der Waals surface area (Å²) < 4.78 is 11.0. The number of benzene rings is 3. The minimum atomic E-state index is -0.393. The van der Waals surface area contributed by atoms with Crippen molar-refractivity contribution < 1.29 is 19.4 Å². The Labute approximate surface area is 204 Å². The van der Waals surface area contributed by atoms with Crippen LogP contribution >= 0.6 is 0 Å². The summed E-state index contributed by atoms with van der Waals surface area (Å²) in [5.41, 5.74) is 5.60. The lowest BCUT2D eigenvalue weighted by Gasteiger charge is -2.12. The number of ether oxygens (including phenoxy) is 2. The maximum atomic E-state index is 13.1. The number of phenols is 1. The van der Waals surface area contributed by atoms with Crippen molar-refractivity contribution in [2.45, 2.75) is 13.8 Å². The highest BCUT2D eigenvalue weighted by atomic mass is 16.5. The van der Waals surface area contributed by atoms with E-state index in [0.29, 0.717) is 46.0 Å². The quantitative estimate of drug-likeness (QED) is 0.266. The van der Waals surface area contributed by atoms with Gasteiger partial charge in [-0.2, -0.15) is 5.10 Å². The molecule has 0 aliphatic rings. The molecule has 0 saturated carbocycles. The third kappa shape index (κ3) is 5.58. The zero-order valence-electron chi connectivity index (χ0n) is 19.9. The van der Waals surface area contributed by atoms with Crippen molar-refractivity contribution in [3.05, 3.63) is 83.9 Å². The van der Waals surface area contributed by atoms with Crippen LogP contribution in [0.25, 0.3) is 22.2 Å². The average Bonchev–Trinajstić information content (AvgIpc) is 2.88. The van der Waals surface area contributed by atoms with Gasteiger partial charge in [0, 0.05) is 16.5 Å². The van der Waals surface area contributed by atoms with Crippen molar-refractivity contribution in [3.63, 3.8) is 0 Å². The Morgan fingerprint density at radius 2 is 1.89 bits per heavy atom. The fraction of sp³-hybridized carbons (Fsp3) is 0.179. The number of rotatable bonds is 8. The zero-order chi connectivity index (χ0) is 24.8. The minimum Gasteiger partial charge on any atom is -0.504 e. The first-order valence-corrected chi connectivity index (χ1v) is 11.3. The fourth-order valence-electron chi connectivity index (χ4n) is 3.55. The van der Waals surface area contributed by atoms with Gasteiger partial charge in [-0.05, 0) is 42.3 Å². The van der Waals surface area contributed by atoms with Crippen LogP contribution in [0, 0.1) is 5.92 Å². The number of fused-ring (bicyclic) bond motifs is 1. The molecule has 0 atom stereocenters. The van der Waals surface area contributed by atoms with Crippen molar-refractivity contribution in [2.24, 2.45) is 11.0 Å². The Morgan fingerprint density at radius 3 is 2.69 bits per heavy atom. The number of aromatic nitrogens is 1. The summed E-state index contributed by atoms with van der Waals surface area (Å²) in [7, 11) is 1.47. The van der Waals surface area contributed by atoms with Crippen LogP contribution in [0.3, 0.4) is 0 Å². The minimum absolute atomic E-state index is 0.0517. The van der Waals surface area contributed by atoms with Gasteiger partial charge in [-0.25, -0.2) is 10.4 Å². The summed E-state index contributed by atoms with van der Waals surface area (Å²) in [6.07, 6.45) is 1.37. The van der Waals surface area contributed by atoms with E-state index < -0.39 is 5.91 Å². The lowest BCUT2D eigenvalue weighted by atomic mass is 10.0. The molecular formula is C28H27N3O4. The molecule has 0 spiro atoms. The predicted octanol–water partition coefficient (Wildman–Crippen LogP) is 5.41. The van der Waals surface area contributed by atoms with Gasteiger partial charge in [-0.1, -0.05) is 50.2 Å². The number of carbonyl (C=O) groups excluding carboxylic acids is 1. The molecule has 7 heteroatoms. The lowest BCUT2D eigenvalue weighted by Crippen LogP contribution is -2.18. The normalized spacial score (nSPS) is 11.2. The fourth-order valence-corrected chi connectivity index (χ4v) is 3.55. The van der Waals surface area contributed by atoms with E-state index in [1.165, 1.54) is 13.3 Å². The smallest absolute Gasteiger partial charge is 0.272 e. The Balaban J connectivity index is 1.64. The number of hydrogen-bond acceptors (Lipinski definition) is 6. The first-order valence-electron chi connectivity index (χ1n) is 11.3. The van der Waals surface area contributed by atoms with E-state index >= 15 is 0 Å². The first-order chi connectivity index (χ1) is 17.0. The number of hydrazone groups is 1. The molecule has 0 bridgehead atoms. The number of nitrogens with zero attached hydrogens (tertiary/aromatic N) is 2. The van der Waals surface area contributed by atoms with E-state index in [1.54, 1.807) is 24.3 Å². The van der Waals surface area contributed by atoms with Crippen LogP contribution in [0.1, 0.15) is 29.8 Å². The second-order valence-electron chi connectivity index (χ2n) is 8.40. The molecule has 1 amide bonds. The number of nitrogens with one attached hydrogen (secondary N) is 1. The van der Waals surface area contributed by atoms with Crippen LogP contribution in [0.4, 0.5) is 0 Å². The molecule has 2 N–H and O–H groups in total. The van der Waals surface area contributed by atoms with Gasteiger partial charge in [0.15, 0.2) is 11.5 Å². The standard InChI is InChI=1S/C28H27N3O4/c1-18(2)17-35-21-10-6-8-19(14-21)25-15-23(22-11-4-5-12-24(22)30-25)28(33)31-29-16-20-9-7-13-26(34-3)27(20)32/h4-16,18,32H,17H2,1-3H3,(H,31,33). The highest BCUT2D eigenvalue weighted by molar-refractivity contribution is 6.07. The van der Waals surface area contributed by atoms with E-state index in [1.807, 2.05) is 48.5 Å². The van der Waals surface area contributed by atoms with Gasteiger partial charge in [-0.15, -0.1) is 0 Å². The number of carbonyl (C=O) groups is 1. The van der Waals surface area contributed by atoms with Crippen LogP contribution in [-0.4, -0.2) is 35.9 Å². The van der Waals surface area contributed by atoms with Gasteiger partial charge in [0.05, 0.1) is 36.7 Å². The van der Waals surface area contributed by atoms with Gasteiger partial charge in [0.2, 0.25) is 0 Å². The van der Waals surface area contributed by atoms with E-state index in [2.05, 4.69) is 24.4 Å². The second kappa shape index (κ2) is 10.7. The van der Waals surface area contributed by atoms with Crippen molar-refractivity contribution in [3.8, 4) is 28.5 Å². The second-order valence-corrected chi connectivity index (χ2v) is 8.40. The average molecular weight is 470 g/mol. The maximum Gasteiger partial charge on any atom is 0.272 e. The molecule has 0 unspecified atom stereocenters. The largest absolute Gasteiger partial charge is 0.504 e. The number of phenolic OH excluding ortho intramolecular Hbond substituents is 1. The molecule has 0 aliphatic heterocycles. The Kier molecular flexibility index (Phi) is 7.26. The van der Waals surface area contributed by atoms with Crippen molar-refractivity contribution in [1.82, 2.24) is 10.4 Å². The third-order valence-electron chi connectivity index (χ3n) is 5.29. The molecular weight excluding hydrogens is 442 g/mol. The van der Waals surface area contributed by atoms with E-state index in [-0.39, 0.29) is 5.75 Å². The lowest BCUT2D eigenvalue weighted by molar-refractivity contribution is 0.0956. The molecule has 178 valence electrons. The Morgan fingerprint density at radius 1 is 1.09 bits per heavy atom. The van der Waals surface area contributed by atoms with Gasteiger partial charge in [0.25, 0.3) is 5.91 Å². The molecule has 0 aliphatic carbocycles. The molecule has 7 nitrogen and oxygen atoms in total. The maximum absolute atomic E-state index is 13.1. The van der Waals surface area contributed by atoms with Gasteiger partial charge in [-0.3, -0.25) is 4.79 Å².